The zero-order chi connectivity index (χ0) is 13.8. The van der Waals surface area contributed by atoms with Crippen LogP contribution in [0.15, 0.2) is 4.52 Å². The Labute approximate surface area is 114 Å². The number of nitrogens with one attached hydrogen (secondary N) is 1. The molecule has 0 radical (unpaired) electrons. The van der Waals surface area contributed by atoms with Crippen LogP contribution in [-0.4, -0.2) is 36.2 Å². The summed E-state index contributed by atoms with van der Waals surface area (Å²) >= 11 is 0. The molecule has 1 saturated carbocycles. The van der Waals surface area contributed by atoms with Crippen molar-refractivity contribution in [2.24, 2.45) is 5.92 Å². The maximum atomic E-state index is 11.9. The normalized spacial score (nSPS) is 15.1. The summed E-state index contributed by atoms with van der Waals surface area (Å²) in [5.41, 5.74) is 2.01. The van der Waals surface area contributed by atoms with Gasteiger partial charge < -0.3 is 14.7 Å². The minimum absolute atomic E-state index is 0.0126. The van der Waals surface area contributed by atoms with Crippen LogP contribution in [0, 0.1) is 19.8 Å². The van der Waals surface area contributed by atoms with Gasteiger partial charge in [-0.3, -0.25) is 0 Å². The summed E-state index contributed by atoms with van der Waals surface area (Å²) in [6.45, 7) is 5.32. The van der Waals surface area contributed by atoms with Crippen LogP contribution in [-0.2, 0) is 6.42 Å². The number of carbonyl (C=O) groups excluding carboxylic acids is 1. The minimum Gasteiger partial charge on any atom is -0.361 e. The molecule has 0 unspecified atom stereocenters. The molecule has 1 heterocycles. The molecule has 0 aliphatic heterocycles. The fourth-order valence-corrected chi connectivity index (χ4v) is 2.43. The summed E-state index contributed by atoms with van der Waals surface area (Å²) in [6, 6.07) is 0.0126. The number of carbonyl (C=O) groups is 1. The van der Waals surface area contributed by atoms with E-state index in [0.29, 0.717) is 12.5 Å². The van der Waals surface area contributed by atoms with Crippen LogP contribution >= 0.6 is 0 Å². The van der Waals surface area contributed by atoms with Gasteiger partial charge in [-0.05, 0) is 39.0 Å². The summed E-state index contributed by atoms with van der Waals surface area (Å²) < 4.78 is 5.10. The van der Waals surface area contributed by atoms with Gasteiger partial charge in [-0.1, -0.05) is 11.6 Å². The summed E-state index contributed by atoms with van der Waals surface area (Å²) in [5, 5.41) is 6.86. The molecule has 0 aromatic carbocycles. The van der Waals surface area contributed by atoms with E-state index in [2.05, 4.69) is 10.5 Å². The molecule has 19 heavy (non-hydrogen) atoms. The molecule has 2 rings (SSSR count). The summed E-state index contributed by atoms with van der Waals surface area (Å²) in [4.78, 5) is 13.7. The van der Waals surface area contributed by atoms with Crippen molar-refractivity contribution in [3.63, 3.8) is 0 Å². The Bertz CT molecular complexity index is 418. The van der Waals surface area contributed by atoms with Gasteiger partial charge >= 0.3 is 6.03 Å². The summed E-state index contributed by atoms with van der Waals surface area (Å²) in [5.74, 6) is 1.55. The predicted octanol–water partition coefficient (Wildman–Crippen LogP) is 2.28. The van der Waals surface area contributed by atoms with Gasteiger partial charge in [0, 0.05) is 25.7 Å². The number of aryl methyl sites for hydroxylation is 2. The first kappa shape index (κ1) is 13.9. The fourth-order valence-electron chi connectivity index (χ4n) is 2.43. The molecular weight excluding hydrogens is 242 g/mol. The smallest absolute Gasteiger partial charge is 0.317 e. The molecular formula is C14H23N3O2. The van der Waals surface area contributed by atoms with Crippen LogP contribution in [0.25, 0.3) is 0 Å². The Morgan fingerprint density at radius 2 is 2.21 bits per heavy atom. The van der Waals surface area contributed by atoms with E-state index in [9.17, 15) is 4.79 Å². The van der Waals surface area contributed by atoms with Crippen molar-refractivity contribution in [1.82, 2.24) is 15.4 Å². The number of urea groups is 1. The minimum atomic E-state index is 0.0126. The molecule has 1 fully saturated rings. The molecule has 1 aromatic rings. The van der Waals surface area contributed by atoms with Crippen molar-refractivity contribution in [2.75, 3.05) is 20.1 Å². The Hall–Kier alpha value is -1.52. The van der Waals surface area contributed by atoms with Crippen molar-refractivity contribution in [3.05, 3.63) is 17.0 Å². The molecule has 1 aromatic heterocycles. The average molecular weight is 265 g/mol. The number of rotatable bonds is 5. The van der Waals surface area contributed by atoms with E-state index < -0.39 is 0 Å². The number of hydrogen-bond acceptors (Lipinski definition) is 3. The van der Waals surface area contributed by atoms with Gasteiger partial charge in [0.05, 0.1) is 5.69 Å². The van der Waals surface area contributed by atoms with Gasteiger partial charge in [0.2, 0.25) is 0 Å². The first-order valence-electron chi connectivity index (χ1n) is 6.98. The number of nitrogens with zero attached hydrogens (tertiary/aromatic N) is 2. The van der Waals surface area contributed by atoms with Gasteiger partial charge in [-0.2, -0.15) is 0 Å². The topological polar surface area (TPSA) is 58.4 Å². The van der Waals surface area contributed by atoms with Crippen molar-refractivity contribution < 1.29 is 9.32 Å². The molecule has 5 nitrogen and oxygen atoms in total. The molecule has 1 N–H and O–H groups in total. The first-order chi connectivity index (χ1) is 9.08. The predicted molar refractivity (Wildman–Crippen MR) is 73.1 cm³/mol. The van der Waals surface area contributed by atoms with E-state index in [-0.39, 0.29) is 6.03 Å². The Balaban J connectivity index is 1.71. The molecule has 5 heteroatoms. The molecule has 0 saturated heterocycles. The van der Waals surface area contributed by atoms with Gasteiger partial charge in [0.15, 0.2) is 0 Å². The van der Waals surface area contributed by atoms with E-state index in [0.717, 1.165) is 30.0 Å². The third kappa shape index (κ3) is 3.49. The maximum absolute atomic E-state index is 11.9. The lowest BCUT2D eigenvalue weighted by atomic mass is 9.85. The third-order valence-electron chi connectivity index (χ3n) is 3.94. The van der Waals surface area contributed by atoms with Crippen LogP contribution in [0.2, 0.25) is 0 Å². The molecule has 0 spiro atoms. The number of amides is 2. The van der Waals surface area contributed by atoms with E-state index >= 15 is 0 Å². The van der Waals surface area contributed by atoms with Crippen molar-refractivity contribution in [2.45, 2.75) is 39.5 Å². The Morgan fingerprint density at radius 3 is 2.74 bits per heavy atom. The second-order valence-corrected chi connectivity index (χ2v) is 5.46. The molecule has 0 atom stereocenters. The highest BCUT2D eigenvalue weighted by Gasteiger charge is 2.21. The summed E-state index contributed by atoms with van der Waals surface area (Å²) in [6.07, 6.45) is 4.60. The Morgan fingerprint density at radius 1 is 1.47 bits per heavy atom. The highest BCUT2D eigenvalue weighted by Crippen LogP contribution is 2.26. The first-order valence-corrected chi connectivity index (χ1v) is 6.98. The van der Waals surface area contributed by atoms with E-state index in [1.165, 1.54) is 19.3 Å². The van der Waals surface area contributed by atoms with Crippen LogP contribution < -0.4 is 5.32 Å². The number of aromatic nitrogens is 1. The van der Waals surface area contributed by atoms with Crippen LogP contribution in [0.1, 0.15) is 36.3 Å². The molecule has 0 bridgehead atoms. The second kappa shape index (κ2) is 6.08. The quantitative estimate of drug-likeness (QED) is 0.888. The summed E-state index contributed by atoms with van der Waals surface area (Å²) in [7, 11) is 1.86. The van der Waals surface area contributed by atoms with E-state index in [4.69, 9.17) is 4.52 Å². The van der Waals surface area contributed by atoms with Crippen molar-refractivity contribution in [3.8, 4) is 0 Å². The lowest BCUT2D eigenvalue weighted by Gasteiger charge is -2.30. The number of hydrogen-bond donors (Lipinski definition) is 1. The van der Waals surface area contributed by atoms with Gasteiger partial charge in [0.25, 0.3) is 0 Å². The largest absolute Gasteiger partial charge is 0.361 e. The van der Waals surface area contributed by atoms with Crippen molar-refractivity contribution >= 4 is 6.03 Å². The highest BCUT2D eigenvalue weighted by molar-refractivity contribution is 5.73. The van der Waals surface area contributed by atoms with Crippen molar-refractivity contribution in [1.29, 1.82) is 0 Å². The van der Waals surface area contributed by atoms with Gasteiger partial charge in [0.1, 0.15) is 5.76 Å². The molecule has 1 aliphatic rings. The second-order valence-electron chi connectivity index (χ2n) is 5.46. The maximum Gasteiger partial charge on any atom is 0.317 e. The Kier molecular flexibility index (Phi) is 4.45. The average Bonchev–Trinajstić information content (AvgIpc) is 2.64. The lowest BCUT2D eigenvalue weighted by Crippen LogP contribution is -2.41. The molecule has 1 aliphatic carbocycles. The van der Waals surface area contributed by atoms with E-state index in [1.54, 1.807) is 4.90 Å². The zero-order valence-electron chi connectivity index (χ0n) is 12.0. The van der Waals surface area contributed by atoms with Crippen LogP contribution in [0.5, 0.6) is 0 Å². The SMILES string of the molecule is Cc1noc(C)c1CCNC(=O)N(C)CC1CCC1. The zero-order valence-corrected chi connectivity index (χ0v) is 12.0. The van der Waals surface area contributed by atoms with E-state index in [1.807, 2.05) is 20.9 Å². The van der Waals surface area contributed by atoms with Gasteiger partial charge in [-0.25, -0.2) is 4.79 Å². The monoisotopic (exact) mass is 265 g/mol. The third-order valence-corrected chi connectivity index (χ3v) is 3.94. The van der Waals surface area contributed by atoms with Gasteiger partial charge in [-0.15, -0.1) is 0 Å². The lowest BCUT2D eigenvalue weighted by molar-refractivity contribution is 0.183. The molecule has 106 valence electrons. The van der Waals surface area contributed by atoms with Crippen LogP contribution in [0.3, 0.4) is 0 Å². The standard InChI is InChI=1S/C14H23N3O2/c1-10-13(11(2)19-16-10)7-8-15-14(18)17(3)9-12-5-4-6-12/h12H,4-9H2,1-3H3,(H,15,18). The highest BCUT2D eigenvalue weighted by atomic mass is 16.5. The molecule has 2 amide bonds. The fraction of sp³-hybridized carbons (Fsp3) is 0.714. The van der Waals surface area contributed by atoms with Crippen LogP contribution in [0.4, 0.5) is 4.79 Å².